The summed E-state index contributed by atoms with van der Waals surface area (Å²) in [4.78, 5) is 1.35. The summed E-state index contributed by atoms with van der Waals surface area (Å²) in [7, 11) is 0. The molecule has 0 aliphatic rings. The summed E-state index contributed by atoms with van der Waals surface area (Å²) >= 11 is 3.55. The van der Waals surface area contributed by atoms with Gasteiger partial charge in [-0.15, -0.1) is 18.3 Å². The van der Waals surface area contributed by atoms with E-state index in [1.165, 1.54) is 4.90 Å². The Morgan fingerprint density at radius 1 is 1.78 bits per heavy atom. The van der Waals surface area contributed by atoms with Crippen LogP contribution in [-0.2, 0) is 0 Å². The number of thiophene rings is 1. The van der Waals surface area contributed by atoms with Gasteiger partial charge < -0.3 is 0 Å². The fourth-order valence-electron chi connectivity index (χ4n) is 0.489. The van der Waals surface area contributed by atoms with E-state index in [0.29, 0.717) is 0 Å². The first kappa shape index (κ1) is 6.90. The SMILES string of the molecule is C=CCSc1ccsc1. The molecule has 0 aliphatic carbocycles. The topological polar surface area (TPSA) is 0 Å². The molecule has 0 N–H and O–H groups in total. The van der Waals surface area contributed by atoms with E-state index in [2.05, 4.69) is 23.4 Å². The molecule has 1 aromatic rings. The molecule has 0 amide bonds. The molecule has 0 bridgehead atoms. The number of rotatable bonds is 3. The van der Waals surface area contributed by atoms with Crippen LogP contribution in [0.25, 0.3) is 0 Å². The van der Waals surface area contributed by atoms with E-state index in [0.717, 1.165) is 5.75 Å². The largest absolute Gasteiger partial charge is 0.151 e. The van der Waals surface area contributed by atoms with Crippen LogP contribution in [0, 0.1) is 0 Å². The van der Waals surface area contributed by atoms with E-state index in [9.17, 15) is 0 Å². The second kappa shape index (κ2) is 3.75. The minimum atomic E-state index is 1.01. The molecule has 0 saturated carbocycles. The number of hydrogen-bond donors (Lipinski definition) is 0. The quantitative estimate of drug-likeness (QED) is 0.479. The molecule has 0 aromatic carbocycles. The van der Waals surface area contributed by atoms with Crippen molar-refractivity contribution >= 4 is 23.1 Å². The van der Waals surface area contributed by atoms with Gasteiger partial charge in [0.05, 0.1) is 0 Å². The van der Waals surface area contributed by atoms with Crippen molar-refractivity contribution in [2.24, 2.45) is 0 Å². The van der Waals surface area contributed by atoms with E-state index >= 15 is 0 Å². The zero-order valence-corrected chi connectivity index (χ0v) is 6.67. The maximum atomic E-state index is 3.64. The molecule has 2 heteroatoms. The van der Waals surface area contributed by atoms with Gasteiger partial charge in [0.15, 0.2) is 0 Å². The van der Waals surface area contributed by atoms with Crippen LogP contribution >= 0.6 is 23.1 Å². The molecule has 0 spiro atoms. The van der Waals surface area contributed by atoms with Gasteiger partial charge in [-0.05, 0) is 11.4 Å². The van der Waals surface area contributed by atoms with Crippen molar-refractivity contribution in [2.75, 3.05) is 5.75 Å². The van der Waals surface area contributed by atoms with E-state index in [4.69, 9.17) is 0 Å². The summed E-state index contributed by atoms with van der Waals surface area (Å²) in [5.41, 5.74) is 0. The third-order valence-electron chi connectivity index (χ3n) is 0.863. The van der Waals surface area contributed by atoms with Crippen LogP contribution < -0.4 is 0 Å². The van der Waals surface area contributed by atoms with Crippen molar-refractivity contribution in [1.29, 1.82) is 0 Å². The van der Waals surface area contributed by atoms with Gasteiger partial charge in [0.25, 0.3) is 0 Å². The van der Waals surface area contributed by atoms with Gasteiger partial charge in [0, 0.05) is 16.0 Å². The lowest BCUT2D eigenvalue weighted by molar-refractivity contribution is 1.58. The van der Waals surface area contributed by atoms with Crippen LogP contribution in [0.3, 0.4) is 0 Å². The third kappa shape index (κ3) is 2.24. The second-order valence-corrected chi connectivity index (χ2v) is 3.43. The average Bonchev–Trinajstić information content (AvgIpc) is 2.34. The molecule has 0 aliphatic heterocycles. The lowest BCUT2D eigenvalue weighted by atomic mass is 10.7. The van der Waals surface area contributed by atoms with Crippen molar-refractivity contribution in [2.45, 2.75) is 4.90 Å². The van der Waals surface area contributed by atoms with Crippen LogP contribution in [0.1, 0.15) is 0 Å². The van der Waals surface area contributed by atoms with Crippen LogP contribution in [0.4, 0.5) is 0 Å². The minimum Gasteiger partial charge on any atom is -0.151 e. The molecule has 1 heterocycles. The van der Waals surface area contributed by atoms with E-state index < -0.39 is 0 Å². The molecule has 0 saturated heterocycles. The summed E-state index contributed by atoms with van der Waals surface area (Å²) in [5, 5.41) is 4.24. The van der Waals surface area contributed by atoms with Crippen LogP contribution in [0.5, 0.6) is 0 Å². The molecule has 1 aromatic heterocycles. The first-order valence-corrected chi connectivity index (χ1v) is 4.62. The zero-order valence-electron chi connectivity index (χ0n) is 5.04. The van der Waals surface area contributed by atoms with Crippen molar-refractivity contribution in [3.8, 4) is 0 Å². The van der Waals surface area contributed by atoms with Crippen molar-refractivity contribution in [3.63, 3.8) is 0 Å². The highest BCUT2D eigenvalue weighted by Gasteiger charge is 1.88. The van der Waals surface area contributed by atoms with Gasteiger partial charge in [0.2, 0.25) is 0 Å². The third-order valence-corrected chi connectivity index (χ3v) is 2.68. The smallest absolute Gasteiger partial charge is 0.0182 e. The van der Waals surface area contributed by atoms with Gasteiger partial charge in [-0.2, -0.15) is 11.3 Å². The Morgan fingerprint density at radius 3 is 3.22 bits per heavy atom. The predicted octanol–water partition coefficient (Wildman–Crippen LogP) is 3.03. The Labute approximate surface area is 63.6 Å². The Hall–Kier alpha value is -0.210. The highest BCUT2D eigenvalue weighted by atomic mass is 32.2. The normalized spacial score (nSPS) is 9.33. The van der Waals surface area contributed by atoms with E-state index in [1.807, 2.05) is 17.8 Å². The number of thioether (sulfide) groups is 1. The molecule has 0 atom stereocenters. The van der Waals surface area contributed by atoms with Crippen LogP contribution in [0.15, 0.2) is 34.4 Å². The molecule has 0 unspecified atom stereocenters. The Morgan fingerprint density at radius 2 is 2.67 bits per heavy atom. The van der Waals surface area contributed by atoms with Gasteiger partial charge in [-0.1, -0.05) is 6.08 Å². The Balaban J connectivity index is 2.38. The maximum absolute atomic E-state index is 3.64. The summed E-state index contributed by atoms with van der Waals surface area (Å²) in [6, 6.07) is 2.12. The molecule has 9 heavy (non-hydrogen) atoms. The summed E-state index contributed by atoms with van der Waals surface area (Å²) in [6.45, 7) is 3.64. The number of hydrogen-bond acceptors (Lipinski definition) is 2. The van der Waals surface area contributed by atoms with E-state index in [1.54, 1.807) is 11.3 Å². The zero-order chi connectivity index (χ0) is 6.53. The molecular formula is C7H8S2. The predicted molar refractivity (Wildman–Crippen MR) is 45.2 cm³/mol. The molecular weight excluding hydrogens is 148 g/mol. The van der Waals surface area contributed by atoms with Crippen molar-refractivity contribution in [1.82, 2.24) is 0 Å². The average molecular weight is 156 g/mol. The first-order chi connectivity index (χ1) is 4.43. The highest BCUT2D eigenvalue weighted by Crippen LogP contribution is 2.19. The van der Waals surface area contributed by atoms with Gasteiger partial charge in [-0.25, -0.2) is 0 Å². The molecule has 1 rings (SSSR count). The second-order valence-electron chi connectivity index (χ2n) is 1.56. The lowest BCUT2D eigenvalue weighted by Crippen LogP contribution is -1.64. The van der Waals surface area contributed by atoms with Crippen molar-refractivity contribution < 1.29 is 0 Å². The molecule has 0 fully saturated rings. The first-order valence-electron chi connectivity index (χ1n) is 2.69. The van der Waals surface area contributed by atoms with Gasteiger partial charge in [0.1, 0.15) is 0 Å². The van der Waals surface area contributed by atoms with Gasteiger partial charge >= 0.3 is 0 Å². The fourth-order valence-corrected chi connectivity index (χ4v) is 2.01. The van der Waals surface area contributed by atoms with Crippen molar-refractivity contribution in [3.05, 3.63) is 29.5 Å². The maximum Gasteiger partial charge on any atom is 0.0182 e. The Bertz CT molecular complexity index is 165. The highest BCUT2D eigenvalue weighted by molar-refractivity contribution is 7.99. The summed E-state index contributed by atoms with van der Waals surface area (Å²) < 4.78 is 0. The fraction of sp³-hybridized carbons (Fsp3) is 0.143. The van der Waals surface area contributed by atoms with Crippen LogP contribution in [-0.4, -0.2) is 5.75 Å². The molecule has 0 nitrogen and oxygen atoms in total. The molecule has 48 valence electrons. The van der Waals surface area contributed by atoms with E-state index in [-0.39, 0.29) is 0 Å². The molecule has 0 radical (unpaired) electrons. The Kier molecular flexibility index (Phi) is 2.87. The monoisotopic (exact) mass is 156 g/mol. The minimum absolute atomic E-state index is 1.01. The summed E-state index contributed by atoms with van der Waals surface area (Å²) in [5.74, 6) is 1.01. The van der Waals surface area contributed by atoms with Crippen LogP contribution in [0.2, 0.25) is 0 Å². The summed E-state index contributed by atoms with van der Waals surface area (Å²) in [6.07, 6.45) is 1.92. The van der Waals surface area contributed by atoms with Gasteiger partial charge in [-0.3, -0.25) is 0 Å². The lowest BCUT2D eigenvalue weighted by Gasteiger charge is -1.87. The standard InChI is InChI=1S/C7H8S2/c1-2-4-9-7-3-5-8-6-7/h2-3,5-6H,1,4H2.